The predicted molar refractivity (Wildman–Crippen MR) is 81.6 cm³/mol. The van der Waals surface area contributed by atoms with Crippen LogP contribution in [0, 0.1) is 0 Å². The van der Waals surface area contributed by atoms with E-state index >= 15 is 0 Å². The molecule has 0 saturated carbocycles. The van der Waals surface area contributed by atoms with Crippen LogP contribution in [-0.4, -0.2) is 28.7 Å². The van der Waals surface area contributed by atoms with Crippen molar-refractivity contribution >= 4 is 12.3 Å². The number of rotatable bonds is 7. The fourth-order valence-electron chi connectivity index (χ4n) is 1.78. The molecule has 1 N–H and O–H groups in total. The molecule has 1 heterocycles. The van der Waals surface area contributed by atoms with Crippen molar-refractivity contribution < 1.29 is 9.59 Å². The van der Waals surface area contributed by atoms with Crippen molar-refractivity contribution in [2.75, 3.05) is 6.54 Å². The second-order valence-electron chi connectivity index (χ2n) is 4.38. The third-order valence-corrected chi connectivity index (χ3v) is 3.08. The molecule has 0 aromatic carbocycles. The number of H-pyrrole nitrogens is 1. The number of amides is 2. The van der Waals surface area contributed by atoms with Gasteiger partial charge in [-0.15, -0.1) is 0 Å². The summed E-state index contributed by atoms with van der Waals surface area (Å²) >= 11 is 0. The Morgan fingerprint density at radius 3 is 2.62 bits per heavy atom. The Balaban J connectivity index is 2.89. The van der Waals surface area contributed by atoms with E-state index in [4.69, 9.17) is 0 Å². The number of pyridine rings is 1. The Labute approximate surface area is 123 Å². The van der Waals surface area contributed by atoms with Gasteiger partial charge in [-0.25, -0.2) is 0 Å². The molecule has 0 saturated heterocycles. The van der Waals surface area contributed by atoms with E-state index < -0.39 is 5.91 Å². The van der Waals surface area contributed by atoms with Crippen molar-refractivity contribution in [3.8, 4) is 0 Å². The quantitative estimate of drug-likeness (QED) is 0.470. The Hall–Kier alpha value is -2.69. The average Bonchev–Trinajstić information content (AvgIpc) is 2.50. The lowest BCUT2D eigenvalue weighted by Gasteiger charge is -2.16. The summed E-state index contributed by atoms with van der Waals surface area (Å²) in [7, 11) is 0. The number of allylic oxidation sites excluding steroid dienone is 2. The molecule has 5 heteroatoms. The predicted octanol–water partition coefficient (Wildman–Crippen LogP) is 1.59. The second-order valence-corrected chi connectivity index (χ2v) is 4.38. The standard InChI is InChI=1S/C16H18N2O3/c1-4-12(3)14(5-2)16(21)18(11-19)10-8-13-7-6-9-17-15(13)20/h4-7,9,11H,1-2,8,10H2,3H3,(H,17,20)/b14-12+. The summed E-state index contributed by atoms with van der Waals surface area (Å²) in [4.78, 5) is 38.5. The van der Waals surface area contributed by atoms with E-state index in [1.54, 1.807) is 19.1 Å². The highest BCUT2D eigenvalue weighted by Crippen LogP contribution is 2.10. The van der Waals surface area contributed by atoms with Gasteiger partial charge in [0.1, 0.15) is 0 Å². The summed E-state index contributed by atoms with van der Waals surface area (Å²) < 4.78 is 0. The first-order chi connectivity index (χ1) is 10.0. The van der Waals surface area contributed by atoms with Gasteiger partial charge in [0.15, 0.2) is 0 Å². The highest BCUT2D eigenvalue weighted by molar-refractivity contribution is 6.02. The van der Waals surface area contributed by atoms with Crippen LogP contribution < -0.4 is 5.56 Å². The molecule has 0 spiro atoms. The zero-order chi connectivity index (χ0) is 15.8. The van der Waals surface area contributed by atoms with Gasteiger partial charge >= 0.3 is 0 Å². The van der Waals surface area contributed by atoms with Crippen LogP contribution in [0.2, 0.25) is 0 Å². The van der Waals surface area contributed by atoms with Crippen LogP contribution in [0.5, 0.6) is 0 Å². The van der Waals surface area contributed by atoms with Crippen molar-refractivity contribution in [2.24, 2.45) is 0 Å². The fourth-order valence-corrected chi connectivity index (χ4v) is 1.78. The highest BCUT2D eigenvalue weighted by atomic mass is 16.2. The molecule has 5 nitrogen and oxygen atoms in total. The maximum atomic E-state index is 12.2. The lowest BCUT2D eigenvalue weighted by molar-refractivity contribution is -0.134. The summed E-state index contributed by atoms with van der Waals surface area (Å²) in [5.41, 5.74) is 1.25. The number of hydrogen-bond donors (Lipinski definition) is 1. The smallest absolute Gasteiger partial charge is 0.260 e. The molecule has 0 unspecified atom stereocenters. The molecule has 0 fully saturated rings. The Bertz CT molecular complexity index is 641. The van der Waals surface area contributed by atoms with Crippen LogP contribution in [0.25, 0.3) is 0 Å². The summed E-state index contributed by atoms with van der Waals surface area (Å²) in [6, 6.07) is 3.35. The maximum Gasteiger partial charge on any atom is 0.260 e. The number of nitrogens with one attached hydrogen (secondary N) is 1. The number of imide groups is 1. The molecule has 0 atom stereocenters. The van der Waals surface area contributed by atoms with E-state index in [0.29, 0.717) is 23.1 Å². The van der Waals surface area contributed by atoms with Gasteiger partial charge in [0.25, 0.3) is 11.5 Å². The lowest BCUT2D eigenvalue weighted by Crippen LogP contribution is -2.33. The van der Waals surface area contributed by atoms with E-state index in [1.165, 1.54) is 18.3 Å². The van der Waals surface area contributed by atoms with Gasteiger partial charge in [0, 0.05) is 23.9 Å². The van der Waals surface area contributed by atoms with Crippen molar-refractivity contribution in [3.05, 3.63) is 70.7 Å². The number of carbonyl (C=O) groups excluding carboxylic acids is 2. The molecule has 0 bridgehead atoms. The fraction of sp³-hybridized carbons (Fsp3) is 0.188. The Morgan fingerprint density at radius 2 is 2.10 bits per heavy atom. The zero-order valence-electron chi connectivity index (χ0n) is 12.0. The van der Waals surface area contributed by atoms with Gasteiger partial charge in [0.05, 0.1) is 0 Å². The van der Waals surface area contributed by atoms with Gasteiger partial charge < -0.3 is 4.98 Å². The summed E-state index contributed by atoms with van der Waals surface area (Å²) in [5, 5.41) is 0. The summed E-state index contributed by atoms with van der Waals surface area (Å²) in [5.74, 6) is -0.454. The maximum absolute atomic E-state index is 12.2. The molecule has 0 radical (unpaired) electrons. The molecular weight excluding hydrogens is 268 g/mol. The van der Waals surface area contributed by atoms with E-state index in [9.17, 15) is 14.4 Å². The normalized spacial score (nSPS) is 11.3. The molecule has 1 aromatic rings. The van der Waals surface area contributed by atoms with Gasteiger partial charge in [-0.05, 0) is 25.0 Å². The van der Waals surface area contributed by atoms with Gasteiger partial charge in [-0.1, -0.05) is 31.4 Å². The van der Waals surface area contributed by atoms with Crippen molar-refractivity contribution in [1.29, 1.82) is 0 Å². The first kappa shape index (κ1) is 16.4. The number of aromatic amines is 1. The number of carbonyl (C=O) groups is 2. The van der Waals surface area contributed by atoms with Crippen LogP contribution in [0.1, 0.15) is 12.5 Å². The molecule has 1 aromatic heterocycles. The van der Waals surface area contributed by atoms with Crippen LogP contribution in [0.4, 0.5) is 0 Å². The average molecular weight is 286 g/mol. The van der Waals surface area contributed by atoms with E-state index in [2.05, 4.69) is 18.1 Å². The van der Waals surface area contributed by atoms with E-state index in [1.807, 2.05) is 0 Å². The third kappa shape index (κ3) is 4.14. The molecule has 2 amide bonds. The Kier molecular flexibility index (Phi) is 6.07. The first-order valence-corrected chi connectivity index (χ1v) is 6.43. The highest BCUT2D eigenvalue weighted by Gasteiger charge is 2.17. The monoisotopic (exact) mass is 286 g/mol. The minimum Gasteiger partial charge on any atom is -0.329 e. The van der Waals surface area contributed by atoms with Crippen molar-refractivity contribution in [1.82, 2.24) is 9.88 Å². The topological polar surface area (TPSA) is 70.2 Å². The van der Waals surface area contributed by atoms with E-state index in [-0.39, 0.29) is 18.5 Å². The van der Waals surface area contributed by atoms with Crippen molar-refractivity contribution in [3.63, 3.8) is 0 Å². The molecular formula is C16H18N2O3. The van der Waals surface area contributed by atoms with Gasteiger partial charge in [0.2, 0.25) is 6.41 Å². The molecule has 0 aliphatic rings. The molecule has 110 valence electrons. The summed E-state index contributed by atoms with van der Waals surface area (Å²) in [6.07, 6.45) is 5.20. The Morgan fingerprint density at radius 1 is 1.38 bits per heavy atom. The lowest BCUT2D eigenvalue weighted by atomic mass is 10.1. The van der Waals surface area contributed by atoms with Crippen LogP contribution in [0.15, 0.2) is 59.6 Å². The SMILES string of the molecule is C=C/C(C)=C(\C=C)C(=O)N(C=O)CCc1ccc[nH]c1=O. The molecule has 21 heavy (non-hydrogen) atoms. The number of nitrogens with zero attached hydrogens (tertiary/aromatic N) is 1. The van der Waals surface area contributed by atoms with Crippen LogP contribution >= 0.6 is 0 Å². The van der Waals surface area contributed by atoms with Gasteiger partial charge in [-0.2, -0.15) is 0 Å². The largest absolute Gasteiger partial charge is 0.329 e. The van der Waals surface area contributed by atoms with Gasteiger partial charge in [-0.3, -0.25) is 19.3 Å². The van der Waals surface area contributed by atoms with E-state index in [0.717, 1.165) is 4.90 Å². The minimum absolute atomic E-state index is 0.122. The minimum atomic E-state index is -0.454. The zero-order valence-corrected chi connectivity index (χ0v) is 12.0. The van der Waals surface area contributed by atoms with Crippen molar-refractivity contribution in [2.45, 2.75) is 13.3 Å². The summed E-state index contributed by atoms with van der Waals surface area (Å²) in [6.45, 7) is 9.01. The first-order valence-electron chi connectivity index (χ1n) is 6.43. The third-order valence-electron chi connectivity index (χ3n) is 3.08. The number of aromatic nitrogens is 1. The molecule has 0 aliphatic carbocycles. The number of hydrogen-bond acceptors (Lipinski definition) is 3. The van der Waals surface area contributed by atoms with Crippen LogP contribution in [-0.2, 0) is 16.0 Å². The molecule has 1 rings (SSSR count). The second kappa shape index (κ2) is 7.79. The van der Waals surface area contributed by atoms with Crippen LogP contribution in [0.3, 0.4) is 0 Å². The molecule has 0 aliphatic heterocycles.